The third kappa shape index (κ3) is 5.34. The van der Waals surface area contributed by atoms with Crippen molar-refractivity contribution in [1.29, 1.82) is 0 Å². The maximum absolute atomic E-state index is 11.4. The molecule has 0 saturated carbocycles. The van der Waals surface area contributed by atoms with Crippen LogP contribution in [0.15, 0.2) is 17.5 Å². The Morgan fingerprint density at radius 3 is 2.67 bits per heavy atom. The number of benzene rings is 1. The lowest BCUT2D eigenvalue weighted by molar-refractivity contribution is -0.113. The molecule has 1 N–H and O–H groups in total. The molecule has 0 unspecified atom stereocenters. The second kappa shape index (κ2) is 9.61. The molecular weight excluding hydrogens is 435 g/mol. The molecule has 0 atom stereocenters. The van der Waals surface area contributed by atoms with E-state index in [0.29, 0.717) is 33.2 Å². The van der Waals surface area contributed by atoms with Crippen LogP contribution in [0, 0.1) is 0 Å². The van der Waals surface area contributed by atoms with Gasteiger partial charge in [-0.2, -0.15) is 0 Å². The van der Waals surface area contributed by atoms with Gasteiger partial charge in [-0.3, -0.25) is 4.79 Å². The lowest BCUT2D eigenvalue weighted by Gasteiger charge is -2.11. The van der Waals surface area contributed by atoms with Gasteiger partial charge in [0.15, 0.2) is 10.9 Å². The molecule has 130 valence electrons. The Bertz CT molecular complexity index is 686. The van der Waals surface area contributed by atoms with E-state index in [-0.39, 0.29) is 11.2 Å². The highest BCUT2D eigenvalue weighted by Gasteiger charge is 2.13. The molecule has 2 rings (SSSR count). The van der Waals surface area contributed by atoms with Gasteiger partial charge in [0.1, 0.15) is 0 Å². The van der Waals surface area contributed by atoms with Crippen molar-refractivity contribution in [3.8, 4) is 17.0 Å². The fraction of sp³-hybridized carbons (Fsp3) is 0.375. The average molecular weight is 452 g/mol. The Morgan fingerprint density at radius 2 is 2.04 bits per heavy atom. The van der Waals surface area contributed by atoms with Gasteiger partial charge in [0.25, 0.3) is 0 Å². The van der Waals surface area contributed by atoms with E-state index in [9.17, 15) is 4.79 Å². The highest BCUT2D eigenvalue weighted by Crippen LogP contribution is 2.38. The first-order valence-electron chi connectivity index (χ1n) is 7.48. The van der Waals surface area contributed by atoms with E-state index in [0.717, 1.165) is 24.8 Å². The minimum Gasteiger partial charge on any atom is -0.490 e. The standard InChI is InChI=1S/C16H17BrCl2N2O2S/c1-2-3-4-5-23-15-11(18)6-10(7-12(15)19)13-9-24-16(20-13)21-14(22)8-17/h6-7,9H,2-5,8H2,1H3,(H,20,21,22). The number of aromatic nitrogens is 1. The minimum absolute atomic E-state index is 0.150. The summed E-state index contributed by atoms with van der Waals surface area (Å²) in [5.74, 6) is 0.351. The quantitative estimate of drug-likeness (QED) is 0.394. The highest BCUT2D eigenvalue weighted by atomic mass is 79.9. The van der Waals surface area contributed by atoms with Gasteiger partial charge in [0, 0.05) is 10.9 Å². The van der Waals surface area contributed by atoms with Crippen molar-refractivity contribution in [2.75, 3.05) is 17.3 Å². The van der Waals surface area contributed by atoms with E-state index >= 15 is 0 Å². The second-order valence-corrected chi connectivity index (χ2v) is 7.28. The zero-order chi connectivity index (χ0) is 17.5. The van der Waals surface area contributed by atoms with Crippen LogP contribution < -0.4 is 10.1 Å². The van der Waals surface area contributed by atoms with E-state index in [1.165, 1.54) is 11.3 Å². The van der Waals surface area contributed by atoms with Crippen molar-refractivity contribution in [3.63, 3.8) is 0 Å². The van der Waals surface area contributed by atoms with Gasteiger partial charge in [-0.25, -0.2) is 4.98 Å². The molecule has 2 aromatic rings. The summed E-state index contributed by atoms with van der Waals surface area (Å²) >= 11 is 17.0. The van der Waals surface area contributed by atoms with Crippen LogP contribution in [0.5, 0.6) is 5.75 Å². The zero-order valence-electron chi connectivity index (χ0n) is 13.1. The van der Waals surface area contributed by atoms with Crippen LogP contribution in [0.3, 0.4) is 0 Å². The van der Waals surface area contributed by atoms with Gasteiger partial charge in [0.2, 0.25) is 5.91 Å². The van der Waals surface area contributed by atoms with Gasteiger partial charge >= 0.3 is 0 Å². The minimum atomic E-state index is -0.150. The number of nitrogens with zero attached hydrogens (tertiary/aromatic N) is 1. The molecule has 8 heteroatoms. The molecule has 0 saturated heterocycles. The summed E-state index contributed by atoms with van der Waals surface area (Å²) in [5, 5.41) is 6.19. The number of unbranched alkanes of at least 4 members (excludes halogenated alkanes) is 2. The first kappa shape index (κ1) is 19.5. The molecule has 1 heterocycles. The van der Waals surface area contributed by atoms with Crippen LogP contribution in [0.2, 0.25) is 10.0 Å². The first-order valence-corrected chi connectivity index (χ1v) is 10.2. The van der Waals surface area contributed by atoms with Crippen LogP contribution in [0.25, 0.3) is 11.3 Å². The average Bonchev–Trinajstić information content (AvgIpc) is 3.01. The number of carbonyl (C=O) groups excluding carboxylic acids is 1. The molecule has 0 aliphatic rings. The van der Waals surface area contributed by atoms with E-state index in [1.54, 1.807) is 12.1 Å². The smallest absolute Gasteiger partial charge is 0.236 e. The monoisotopic (exact) mass is 450 g/mol. The van der Waals surface area contributed by atoms with Gasteiger partial charge in [-0.15, -0.1) is 11.3 Å². The fourth-order valence-corrected chi connectivity index (χ4v) is 3.46. The van der Waals surface area contributed by atoms with Gasteiger partial charge in [0.05, 0.1) is 27.7 Å². The highest BCUT2D eigenvalue weighted by molar-refractivity contribution is 9.09. The molecule has 1 aromatic carbocycles. The topological polar surface area (TPSA) is 51.2 Å². The first-order chi connectivity index (χ1) is 11.5. The number of amides is 1. The summed E-state index contributed by atoms with van der Waals surface area (Å²) in [6.45, 7) is 2.73. The SMILES string of the molecule is CCCCCOc1c(Cl)cc(-c2csc(NC(=O)CBr)n2)cc1Cl. The largest absolute Gasteiger partial charge is 0.490 e. The summed E-state index contributed by atoms with van der Waals surface area (Å²) in [6.07, 6.45) is 3.20. The van der Waals surface area contributed by atoms with E-state index < -0.39 is 0 Å². The predicted molar refractivity (Wildman–Crippen MR) is 105 cm³/mol. The maximum atomic E-state index is 11.4. The third-order valence-electron chi connectivity index (χ3n) is 3.16. The lowest BCUT2D eigenvalue weighted by atomic mass is 10.1. The number of carbonyl (C=O) groups is 1. The third-order valence-corrected chi connectivity index (χ3v) is 4.99. The predicted octanol–water partition coefficient (Wildman–Crippen LogP) is 6.02. The molecule has 0 aliphatic heterocycles. The lowest BCUT2D eigenvalue weighted by Crippen LogP contribution is -2.11. The summed E-state index contributed by atoms with van der Waals surface area (Å²) in [6, 6.07) is 3.54. The number of anilines is 1. The molecule has 4 nitrogen and oxygen atoms in total. The number of halogens is 3. The number of alkyl halides is 1. The Morgan fingerprint density at radius 1 is 1.33 bits per heavy atom. The summed E-state index contributed by atoms with van der Waals surface area (Å²) in [7, 11) is 0. The number of nitrogens with one attached hydrogen (secondary N) is 1. The Labute approximate surface area is 163 Å². The van der Waals surface area contributed by atoms with Gasteiger partial charge in [-0.05, 0) is 18.6 Å². The van der Waals surface area contributed by atoms with E-state index in [2.05, 4.69) is 33.2 Å². The van der Waals surface area contributed by atoms with E-state index in [1.807, 2.05) is 5.38 Å². The Balaban J connectivity index is 2.13. The molecule has 0 aliphatic carbocycles. The molecule has 1 amide bonds. The molecule has 0 spiro atoms. The van der Waals surface area contributed by atoms with Crippen molar-refractivity contribution in [3.05, 3.63) is 27.6 Å². The zero-order valence-corrected chi connectivity index (χ0v) is 17.0. The fourth-order valence-electron chi connectivity index (χ4n) is 1.99. The van der Waals surface area contributed by atoms with Crippen molar-refractivity contribution < 1.29 is 9.53 Å². The van der Waals surface area contributed by atoms with Crippen molar-refractivity contribution in [2.45, 2.75) is 26.2 Å². The molecule has 0 fully saturated rings. The number of hydrogen-bond donors (Lipinski definition) is 1. The maximum Gasteiger partial charge on any atom is 0.236 e. The summed E-state index contributed by atoms with van der Waals surface area (Å²) in [4.78, 5) is 15.8. The van der Waals surface area contributed by atoms with Crippen LogP contribution >= 0.6 is 50.5 Å². The van der Waals surface area contributed by atoms with Crippen molar-refractivity contribution >= 4 is 61.5 Å². The molecule has 0 radical (unpaired) electrons. The van der Waals surface area contributed by atoms with Crippen LogP contribution in [-0.4, -0.2) is 22.8 Å². The van der Waals surface area contributed by atoms with Crippen molar-refractivity contribution in [2.24, 2.45) is 0 Å². The Kier molecular flexibility index (Phi) is 7.81. The normalized spacial score (nSPS) is 10.7. The number of ether oxygens (including phenoxy) is 1. The van der Waals surface area contributed by atoms with Crippen LogP contribution in [0.4, 0.5) is 5.13 Å². The van der Waals surface area contributed by atoms with Crippen LogP contribution in [0.1, 0.15) is 26.2 Å². The second-order valence-electron chi connectivity index (χ2n) is 5.04. The summed E-state index contributed by atoms with van der Waals surface area (Å²) < 4.78 is 5.69. The molecule has 24 heavy (non-hydrogen) atoms. The molecule has 1 aromatic heterocycles. The molecule has 0 bridgehead atoms. The molecular formula is C16H17BrCl2N2O2S. The van der Waals surface area contributed by atoms with Crippen LogP contribution in [-0.2, 0) is 4.79 Å². The number of rotatable bonds is 8. The Hall–Kier alpha value is -0.820. The number of hydrogen-bond acceptors (Lipinski definition) is 4. The van der Waals surface area contributed by atoms with Gasteiger partial charge < -0.3 is 10.1 Å². The van der Waals surface area contributed by atoms with E-state index in [4.69, 9.17) is 27.9 Å². The van der Waals surface area contributed by atoms with Gasteiger partial charge in [-0.1, -0.05) is 58.9 Å². The summed E-state index contributed by atoms with van der Waals surface area (Å²) in [5.41, 5.74) is 1.48. The van der Waals surface area contributed by atoms with Crippen molar-refractivity contribution in [1.82, 2.24) is 4.98 Å². The number of thiazole rings is 1.